The smallest absolute Gasteiger partial charge is 0.151 e. The third-order valence-corrected chi connectivity index (χ3v) is 3.29. The predicted molar refractivity (Wildman–Crippen MR) is 63.0 cm³/mol. The standard InChI is InChI=1S/C12H21N3O/c1-3-11-5-4-6-15(11)9-12-7-10(8-13-2)14-16-12/h7,11,13H,3-6,8-9H2,1-2H3. The molecule has 1 N–H and O–H groups in total. The summed E-state index contributed by atoms with van der Waals surface area (Å²) >= 11 is 0. The van der Waals surface area contributed by atoms with E-state index in [1.165, 1.54) is 25.8 Å². The summed E-state index contributed by atoms with van der Waals surface area (Å²) in [5, 5.41) is 7.11. The lowest BCUT2D eigenvalue weighted by molar-refractivity contribution is 0.211. The Balaban J connectivity index is 1.92. The Morgan fingerprint density at radius 2 is 2.50 bits per heavy atom. The number of nitrogens with zero attached hydrogens (tertiary/aromatic N) is 2. The molecule has 1 unspecified atom stereocenters. The van der Waals surface area contributed by atoms with Crippen molar-refractivity contribution in [2.45, 2.75) is 45.3 Å². The van der Waals surface area contributed by atoms with E-state index < -0.39 is 0 Å². The summed E-state index contributed by atoms with van der Waals surface area (Å²) in [6.45, 7) is 5.15. The molecule has 1 saturated heterocycles. The Morgan fingerprint density at radius 3 is 3.25 bits per heavy atom. The first-order valence-corrected chi connectivity index (χ1v) is 6.16. The van der Waals surface area contributed by atoms with Crippen LogP contribution in [0.3, 0.4) is 0 Å². The molecule has 90 valence electrons. The van der Waals surface area contributed by atoms with Gasteiger partial charge in [-0.05, 0) is 32.9 Å². The van der Waals surface area contributed by atoms with Crippen LogP contribution in [-0.4, -0.2) is 29.7 Å². The van der Waals surface area contributed by atoms with Crippen molar-refractivity contribution in [3.63, 3.8) is 0 Å². The van der Waals surface area contributed by atoms with Crippen molar-refractivity contribution in [2.75, 3.05) is 13.6 Å². The summed E-state index contributed by atoms with van der Waals surface area (Å²) in [6.07, 6.45) is 3.88. The van der Waals surface area contributed by atoms with Crippen LogP contribution in [0.15, 0.2) is 10.6 Å². The molecule has 1 fully saturated rings. The zero-order valence-corrected chi connectivity index (χ0v) is 10.2. The second-order valence-electron chi connectivity index (χ2n) is 4.49. The first-order valence-electron chi connectivity index (χ1n) is 6.16. The van der Waals surface area contributed by atoms with Crippen LogP contribution in [0, 0.1) is 0 Å². The molecule has 0 bridgehead atoms. The minimum Gasteiger partial charge on any atom is -0.360 e. The highest BCUT2D eigenvalue weighted by Gasteiger charge is 2.23. The van der Waals surface area contributed by atoms with E-state index in [2.05, 4.69) is 28.4 Å². The average Bonchev–Trinajstić information content (AvgIpc) is 2.89. The van der Waals surface area contributed by atoms with Crippen molar-refractivity contribution in [1.29, 1.82) is 0 Å². The molecule has 1 aromatic rings. The number of hydrogen-bond donors (Lipinski definition) is 1. The van der Waals surface area contributed by atoms with E-state index in [4.69, 9.17) is 4.52 Å². The van der Waals surface area contributed by atoms with E-state index in [1.54, 1.807) is 0 Å². The number of hydrogen-bond acceptors (Lipinski definition) is 4. The van der Waals surface area contributed by atoms with Gasteiger partial charge in [0.15, 0.2) is 5.76 Å². The fourth-order valence-corrected chi connectivity index (χ4v) is 2.46. The highest BCUT2D eigenvalue weighted by molar-refractivity contribution is 5.05. The van der Waals surface area contributed by atoms with Crippen LogP contribution in [0.5, 0.6) is 0 Å². The highest BCUT2D eigenvalue weighted by atomic mass is 16.5. The van der Waals surface area contributed by atoms with Gasteiger partial charge in [0.05, 0.1) is 12.2 Å². The molecule has 0 amide bonds. The average molecular weight is 223 g/mol. The summed E-state index contributed by atoms with van der Waals surface area (Å²) in [6, 6.07) is 2.79. The predicted octanol–water partition coefficient (Wildman–Crippen LogP) is 1.77. The van der Waals surface area contributed by atoms with Crippen LogP contribution < -0.4 is 5.32 Å². The van der Waals surface area contributed by atoms with E-state index >= 15 is 0 Å². The number of rotatable bonds is 5. The maximum Gasteiger partial charge on any atom is 0.151 e. The van der Waals surface area contributed by atoms with E-state index in [-0.39, 0.29) is 0 Å². The highest BCUT2D eigenvalue weighted by Crippen LogP contribution is 2.22. The lowest BCUT2D eigenvalue weighted by Crippen LogP contribution is -2.27. The summed E-state index contributed by atoms with van der Waals surface area (Å²) in [7, 11) is 1.92. The molecular weight excluding hydrogens is 202 g/mol. The van der Waals surface area contributed by atoms with Crippen LogP contribution >= 0.6 is 0 Å². The molecule has 0 spiro atoms. The minimum atomic E-state index is 0.734. The molecule has 4 heteroatoms. The first kappa shape index (κ1) is 11.6. The minimum absolute atomic E-state index is 0.734. The maximum absolute atomic E-state index is 5.34. The molecule has 0 saturated carbocycles. The van der Waals surface area contributed by atoms with E-state index in [9.17, 15) is 0 Å². The summed E-state index contributed by atoms with van der Waals surface area (Å²) in [4.78, 5) is 2.50. The Labute approximate surface area is 97.0 Å². The topological polar surface area (TPSA) is 41.3 Å². The van der Waals surface area contributed by atoms with Crippen molar-refractivity contribution in [3.05, 3.63) is 17.5 Å². The Morgan fingerprint density at radius 1 is 1.62 bits per heavy atom. The van der Waals surface area contributed by atoms with Gasteiger partial charge in [0.2, 0.25) is 0 Å². The van der Waals surface area contributed by atoms with Crippen LogP contribution in [0.2, 0.25) is 0 Å². The number of aromatic nitrogens is 1. The first-order chi connectivity index (χ1) is 7.83. The van der Waals surface area contributed by atoms with Gasteiger partial charge < -0.3 is 9.84 Å². The van der Waals surface area contributed by atoms with E-state index in [0.29, 0.717) is 0 Å². The van der Waals surface area contributed by atoms with Crippen molar-refractivity contribution in [3.8, 4) is 0 Å². The molecule has 1 atom stereocenters. The molecule has 1 aliphatic rings. The quantitative estimate of drug-likeness (QED) is 0.826. The Hall–Kier alpha value is -0.870. The van der Waals surface area contributed by atoms with Gasteiger partial charge in [-0.1, -0.05) is 12.1 Å². The summed E-state index contributed by atoms with van der Waals surface area (Å²) in [5.41, 5.74) is 0.991. The normalized spacial score (nSPS) is 21.8. The molecule has 1 aromatic heterocycles. The van der Waals surface area contributed by atoms with Crippen molar-refractivity contribution < 1.29 is 4.52 Å². The van der Waals surface area contributed by atoms with Crippen LogP contribution in [0.4, 0.5) is 0 Å². The van der Waals surface area contributed by atoms with Gasteiger partial charge in [0.25, 0.3) is 0 Å². The Bertz CT molecular complexity index is 324. The van der Waals surface area contributed by atoms with E-state index in [1.807, 2.05) is 7.05 Å². The van der Waals surface area contributed by atoms with Gasteiger partial charge in [0, 0.05) is 18.7 Å². The fraction of sp³-hybridized carbons (Fsp3) is 0.750. The van der Waals surface area contributed by atoms with Gasteiger partial charge >= 0.3 is 0 Å². The molecule has 16 heavy (non-hydrogen) atoms. The van der Waals surface area contributed by atoms with E-state index in [0.717, 1.165) is 30.6 Å². The number of likely N-dealkylation sites (tertiary alicyclic amines) is 1. The number of nitrogens with one attached hydrogen (secondary N) is 1. The van der Waals surface area contributed by atoms with Gasteiger partial charge in [-0.3, -0.25) is 4.90 Å². The molecule has 0 aliphatic carbocycles. The van der Waals surface area contributed by atoms with Gasteiger partial charge in [-0.25, -0.2) is 0 Å². The van der Waals surface area contributed by atoms with Crippen molar-refractivity contribution in [2.24, 2.45) is 0 Å². The largest absolute Gasteiger partial charge is 0.360 e. The lowest BCUT2D eigenvalue weighted by atomic mass is 10.2. The third-order valence-electron chi connectivity index (χ3n) is 3.29. The van der Waals surface area contributed by atoms with Crippen LogP contribution in [0.1, 0.15) is 37.6 Å². The van der Waals surface area contributed by atoms with Crippen molar-refractivity contribution in [1.82, 2.24) is 15.4 Å². The van der Waals surface area contributed by atoms with Crippen molar-refractivity contribution >= 4 is 0 Å². The summed E-state index contributed by atoms with van der Waals surface area (Å²) in [5.74, 6) is 0.991. The van der Waals surface area contributed by atoms with Gasteiger partial charge in [-0.15, -0.1) is 0 Å². The molecule has 2 rings (SSSR count). The molecule has 4 nitrogen and oxygen atoms in total. The molecule has 0 radical (unpaired) electrons. The Kier molecular flexibility index (Phi) is 3.96. The van der Waals surface area contributed by atoms with Gasteiger partial charge in [0.1, 0.15) is 0 Å². The lowest BCUT2D eigenvalue weighted by Gasteiger charge is -2.21. The molecule has 0 aromatic carbocycles. The summed E-state index contributed by atoms with van der Waals surface area (Å²) < 4.78 is 5.34. The fourth-order valence-electron chi connectivity index (χ4n) is 2.46. The van der Waals surface area contributed by atoms with Gasteiger partial charge in [-0.2, -0.15) is 0 Å². The maximum atomic E-state index is 5.34. The third kappa shape index (κ3) is 2.62. The zero-order chi connectivity index (χ0) is 11.4. The molecular formula is C12H21N3O. The second kappa shape index (κ2) is 5.46. The molecule has 1 aliphatic heterocycles. The SMILES string of the molecule is CCC1CCCN1Cc1cc(CNC)no1. The second-order valence-corrected chi connectivity index (χ2v) is 4.49. The zero-order valence-electron chi connectivity index (χ0n) is 10.2. The van der Waals surface area contributed by atoms with Crippen LogP contribution in [-0.2, 0) is 13.1 Å². The monoisotopic (exact) mass is 223 g/mol. The van der Waals surface area contributed by atoms with Crippen LogP contribution in [0.25, 0.3) is 0 Å². The molecule has 2 heterocycles.